The van der Waals surface area contributed by atoms with E-state index in [1.165, 1.54) is 0 Å². The van der Waals surface area contributed by atoms with Crippen molar-refractivity contribution >= 4 is 12.4 Å². The van der Waals surface area contributed by atoms with Crippen LogP contribution in [0, 0.1) is 6.54 Å². The van der Waals surface area contributed by atoms with Crippen molar-refractivity contribution in [3.05, 3.63) is 66.2 Å². The Balaban J connectivity index is 0.00000242. The van der Waals surface area contributed by atoms with Gasteiger partial charge in [0, 0.05) is 35.1 Å². The summed E-state index contributed by atoms with van der Waals surface area (Å²) in [5.74, 6) is 0.440. The Morgan fingerprint density at radius 1 is 0.864 bits per heavy atom. The van der Waals surface area contributed by atoms with Gasteiger partial charge in [0.25, 0.3) is 0 Å². The maximum Gasteiger partial charge on any atom is 0.124 e. The molecular weight excluding hydrogens is 323 g/mol. The van der Waals surface area contributed by atoms with Crippen molar-refractivity contribution in [2.75, 3.05) is 6.54 Å². The van der Waals surface area contributed by atoms with E-state index in [4.69, 9.17) is 0 Å². The zero-order valence-corrected chi connectivity index (χ0v) is 12.9. The molecule has 5 heteroatoms. The number of phenols is 2. The van der Waals surface area contributed by atoms with Gasteiger partial charge in [-0.25, -0.2) is 0 Å². The predicted molar refractivity (Wildman–Crippen MR) is 85.2 cm³/mol. The quantitative estimate of drug-likeness (QED) is 0.482. The minimum atomic E-state index is 0. The van der Waals surface area contributed by atoms with Crippen LogP contribution in [0.15, 0.2) is 58.5 Å². The molecule has 0 aliphatic rings. The van der Waals surface area contributed by atoms with Gasteiger partial charge in [-0.15, -0.1) is 12.8 Å². The van der Waals surface area contributed by atoms with Gasteiger partial charge in [0.2, 0.25) is 0 Å². The average molecular weight is 340 g/mol. The van der Waals surface area contributed by atoms with Crippen LogP contribution in [0.4, 0.5) is 0 Å². The first-order valence-electron chi connectivity index (χ1n) is 6.68. The number of nitrogens with zero attached hydrogens (tertiary/aromatic N) is 2. The molecule has 117 valence electrons. The fourth-order valence-corrected chi connectivity index (χ4v) is 1.70. The third kappa shape index (κ3) is 5.63. The van der Waals surface area contributed by atoms with Crippen molar-refractivity contribution in [2.24, 2.45) is 9.98 Å². The Labute approximate surface area is 140 Å². The van der Waals surface area contributed by atoms with Gasteiger partial charge in [-0.2, -0.15) is 0 Å². The first-order valence-corrected chi connectivity index (χ1v) is 6.68. The van der Waals surface area contributed by atoms with E-state index in [-0.39, 0.29) is 28.3 Å². The molecule has 0 spiro atoms. The Morgan fingerprint density at radius 3 is 2.00 bits per heavy atom. The van der Waals surface area contributed by atoms with Gasteiger partial charge >= 0.3 is 0 Å². The standard InChI is InChI=1S/C17H17N2O2.Co/c20-16-8-3-1-6-14(16)12-18-10-5-11-19-13-15-7-2-4-9-17(15)21;/h1-4,6-10,12-13,20-21H,5,11H2;/q-1;. The van der Waals surface area contributed by atoms with Crippen molar-refractivity contribution < 1.29 is 27.0 Å². The Kier molecular flexibility index (Phi) is 7.81. The van der Waals surface area contributed by atoms with E-state index in [9.17, 15) is 10.2 Å². The summed E-state index contributed by atoms with van der Waals surface area (Å²) in [5.41, 5.74) is 1.39. The molecule has 0 fully saturated rings. The number of para-hydroxylation sites is 2. The number of aliphatic imine (C=N–C) groups is 2. The molecule has 2 N–H and O–H groups in total. The first kappa shape index (κ1) is 17.8. The summed E-state index contributed by atoms with van der Waals surface area (Å²) < 4.78 is 0. The smallest absolute Gasteiger partial charge is 0.124 e. The first-order chi connectivity index (χ1) is 10.3. The second-order valence-corrected chi connectivity index (χ2v) is 4.40. The fourth-order valence-electron chi connectivity index (χ4n) is 1.70. The zero-order valence-electron chi connectivity index (χ0n) is 11.9. The number of benzene rings is 2. The van der Waals surface area contributed by atoms with E-state index >= 15 is 0 Å². The van der Waals surface area contributed by atoms with Gasteiger partial charge in [0.1, 0.15) is 11.5 Å². The maximum atomic E-state index is 9.56. The van der Waals surface area contributed by atoms with Gasteiger partial charge in [-0.1, -0.05) is 36.8 Å². The summed E-state index contributed by atoms with van der Waals surface area (Å²) in [4.78, 5) is 8.36. The number of aromatic hydroxyl groups is 2. The Morgan fingerprint density at radius 2 is 1.41 bits per heavy atom. The molecule has 0 bridgehead atoms. The van der Waals surface area contributed by atoms with Gasteiger partial charge in [-0.05, 0) is 23.8 Å². The molecular formula is C17H17CoN2O2-. The molecule has 0 unspecified atom stereocenters. The predicted octanol–water partition coefficient (Wildman–Crippen LogP) is 3.19. The van der Waals surface area contributed by atoms with Crippen LogP contribution >= 0.6 is 0 Å². The second kappa shape index (κ2) is 9.65. The normalized spacial score (nSPS) is 10.7. The van der Waals surface area contributed by atoms with E-state index in [0.717, 1.165) is 0 Å². The number of rotatable bonds is 6. The van der Waals surface area contributed by atoms with Gasteiger partial charge in [0.05, 0.1) is 0 Å². The molecule has 0 heterocycles. The van der Waals surface area contributed by atoms with Crippen LogP contribution in [0.3, 0.4) is 0 Å². The van der Waals surface area contributed by atoms with Crippen LogP contribution in [0.1, 0.15) is 17.5 Å². The third-order valence-corrected chi connectivity index (χ3v) is 2.81. The van der Waals surface area contributed by atoms with Crippen LogP contribution in [0.5, 0.6) is 11.5 Å². The monoisotopic (exact) mass is 340 g/mol. The van der Waals surface area contributed by atoms with Crippen LogP contribution in [-0.2, 0) is 16.8 Å². The fraction of sp³-hybridized carbons (Fsp3) is 0.118. The molecule has 2 aromatic rings. The summed E-state index contributed by atoms with van der Waals surface area (Å²) >= 11 is 0. The van der Waals surface area contributed by atoms with Crippen LogP contribution in [0.2, 0.25) is 0 Å². The summed E-state index contributed by atoms with van der Waals surface area (Å²) in [6.45, 7) is 2.33. The summed E-state index contributed by atoms with van der Waals surface area (Å²) in [6, 6.07) is 14.1. The number of hydrogen-bond donors (Lipinski definition) is 2. The molecule has 0 saturated heterocycles. The summed E-state index contributed by atoms with van der Waals surface area (Å²) in [5, 5.41) is 19.1. The molecule has 2 rings (SSSR count). The van der Waals surface area contributed by atoms with Crippen molar-refractivity contribution in [3.63, 3.8) is 0 Å². The minimum absolute atomic E-state index is 0. The van der Waals surface area contributed by atoms with Gasteiger partial charge < -0.3 is 15.2 Å². The molecule has 0 atom stereocenters. The van der Waals surface area contributed by atoms with Gasteiger partial charge in [0.15, 0.2) is 0 Å². The summed E-state index contributed by atoms with van der Waals surface area (Å²) in [6.07, 6.45) is 3.95. The van der Waals surface area contributed by atoms with E-state index < -0.39 is 0 Å². The van der Waals surface area contributed by atoms with E-state index in [1.54, 1.807) is 55.4 Å². The number of phenolic OH excluding ortho intramolecular Hbond substituents is 2. The SMILES string of the molecule is Oc1ccccc1C=N[CH-]CCN=Cc1ccccc1O.[Co]. The van der Waals surface area contributed by atoms with Crippen LogP contribution < -0.4 is 0 Å². The summed E-state index contributed by atoms with van der Waals surface area (Å²) in [7, 11) is 0. The second-order valence-electron chi connectivity index (χ2n) is 4.40. The molecule has 1 radical (unpaired) electrons. The zero-order chi connectivity index (χ0) is 14.9. The van der Waals surface area contributed by atoms with Crippen molar-refractivity contribution in [2.45, 2.75) is 6.42 Å². The number of hydrogen-bond acceptors (Lipinski definition) is 4. The largest absolute Gasteiger partial charge is 0.509 e. The van der Waals surface area contributed by atoms with Gasteiger partial charge in [-0.3, -0.25) is 4.99 Å². The van der Waals surface area contributed by atoms with E-state index in [2.05, 4.69) is 9.98 Å². The van der Waals surface area contributed by atoms with E-state index in [0.29, 0.717) is 24.1 Å². The van der Waals surface area contributed by atoms with Crippen molar-refractivity contribution in [1.82, 2.24) is 0 Å². The maximum absolute atomic E-state index is 9.56. The van der Waals surface area contributed by atoms with Crippen LogP contribution in [-0.4, -0.2) is 29.2 Å². The average Bonchev–Trinajstić information content (AvgIpc) is 2.50. The topological polar surface area (TPSA) is 65.2 Å². The molecule has 0 amide bonds. The van der Waals surface area contributed by atoms with Crippen molar-refractivity contribution in [1.29, 1.82) is 0 Å². The molecule has 0 aliphatic carbocycles. The molecule has 0 saturated carbocycles. The minimum Gasteiger partial charge on any atom is -0.509 e. The molecule has 2 aromatic carbocycles. The van der Waals surface area contributed by atoms with Crippen molar-refractivity contribution in [3.8, 4) is 11.5 Å². The molecule has 22 heavy (non-hydrogen) atoms. The van der Waals surface area contributed by atoms with E-state index in [1.807, 2.05) is 12.1 Å². The third-order valence-electron chi connectivity index (χ3n) is 2.81. The Bertz CT molecular complexity index is 587. The van der Waals surface area contributed by atoms with Crippen LogP contribution in [0.25, 0.3) is 0 Å². The molecule has 4 nitrogen and oxygen atoms in total. The Hall–Kier alpha value is -2.24. The molecule has 0 aromatic heterocycles. The molecule has 0 aliphatic heterocycles.